The first-order chi connectivity index (χ1) is 17.3. The summed E-state index contributed by atoms with van der Waals surface area (Å²) in [5, 5.41) is 2.63. The average Bonchev–Trinajstić information content (AvgIpc) is 2.88. The molecule has 0 unspecified atom stereocenters. The van der Waals surface area contributed by atoms with Gasteiger partial charge in [-0.1, -0.05) is 12.6 Å². The third kappa shape index (κ3) is 8.62. The van der Waals surface area contributed by atoms with Gasteiger partial charge < -0.3 is 15.0 Å². The maximum atomic E-state index is 14.9. The van der Waals surface area contributed by atoms with Gasteiger partial charge in [-0.3, -0.25) is 14.7 Å². The lowest BCUT2D eigenvalue weighted by atomic mass is 10.1. The zero-order valence-corrected chi connectivity index (χ0v) is 20.7. The van der Waals surface area contributed by atoms with E-state index in [2.05, 4.69) is 43.7 Å². The van der Waals surface area contributed by atoms with E-state index in [0.29, 0.717) is 29.2 Å². The molecule has 1 aliphatic rings. The number of amides is 1. The fraction of sp³-hybridized carbons (Fsp3) is 0.385. The number of nitrogens with one attached hydrogen (secondary N) is 1. The van der Waals surface area contributed by atoms with Crippen LogP contribution in [0.2, 0.25) is 0 Å². The van der Waals surface area contributed by atoms with Crippen LogP contribution < -0.4 is 5.32 Å². The molecule has 0 aliphatic carbocycles. The second kappa shape index (κ2) is 13.6. The highest BCUT2D eigenvalue weighted by molar-refractivity contribution is 5.78. The first-order valence-corrected chi connectivity index (χ1v) is 11.8. The zero-order chi connectivity index (χ0) is 25.9. The summed E-state index contributed by atoms with van der Waals surface area (Å²) in [4.78, 5) is 28.5. The highest BCUT2D eigenvalue weighted by Gasteiger charge is 2.13. The molecule has 0 radical (unpaired) electrons. The number of aromatic nitrogens is 3. The van der Waals surface area contributed by atoms with Gasteiger partial charge in [0, 0.05) is 62.8 Å². The summed E-state index contributed by atoms with van der Waals surface area (Å²) >= 11 is 0. The standard InChI is InChI=1S/C26H32F2N6O2/c1-4-21(36-14-13-34-11-9-33(3)10-12-34)16-22(27)19(2)23-6-5-20(17-30-23)15-26(35)31-18-25-29-8-7-24(28)32-25/h4-8,16-17H,1,9-15,18H2,2-3H3,(H,31,35)/b21-16+,22-19-. The van der Waals surface area contributed by atoms with E-state index in [0.717, 1.165) is 38.8 Å². The molecule has 8 nitrogen and oxygen atoms in total. The summed E-state index contributed by atoms with van der Waals surface area (Å²) in [5.74, 6) is -0.877. The van der Waals surface area contributed by atoms with E-state index in [-0.39, 0.29) is 24.7 Å². The molecule has 1 fully saturated rings. The van der Waals surface area contributed by atoms with Crippen molar-refractivity contribution < 1.29 is 18.3 Å². The molecule has 2 aromatic rings. The van der Waals surface area contributed by atoms with Gasteiger partial charge in [0.1, 0.15) is 18.2 Å². The predicted octanol–water partition coefficient (Wildman–Crippen LogP) is 2.90. The van der Waals surface area contributed by atoms with Gasteiger partial charge in [0.25, 0.3) is 0 Å². The SMILES string of the molecule is C=C/C(=C\C(F)=C(/C)c1ccc(CC(=O)NCc2nccc(F)n2)cn1)OCCN1CCN(C)CC1. The highest BCUT2D eigenvalue weighted by atomic mass is 19.1. The van der Waals surface area contributed by atoms with Gasteiger partial charge in [-0.15, -0.1) is 0 Å². The molecule has 0 aromatic carbocycles. The molecule has 0 spiro atoms. The predicted molar refractivity (Wildman–Crippen MR) is 134 cm³/mol. The second-order valence-corrected chi connectivity index (χ2v) is 8.52. The van der Waals surface area contributed by atoms with E-state index in [4.69, 9.17) is 4.74 Å². The van der Waals surface area contributed by atoms with Gasteiger partial charge in [0.15, 0.2) is 5.82 Å². The summed E-state index contributed by atoms with van der Waals surface area (Å²) in [6, 6.07) is 4.50. The Labute approximate surface area is 210 Å². The normalized spacial score (nSPS) is 15.8. The van der Waals surface area contributed by atoms with Crippen molar-refractivity contribution in [1.82, 2.24) is 30.1 Å². The number of nitrogens with zero attached hydrogens (tertiary/aromatic N) is 5. The maximum Gasteiger partial charge on any atom is 0.224 e. The molecule has 1 N–H and O–H groups in total. The van der Waals surface area contributed by atoms with Gasteiger partial charge in [0.2, 0.25) is 11.9 Å². The van der Waals surface area contributed by atoms with E-state index in [1.54, 1.807) is 19.1 Å². The highest BCUT2D eigenvalue weighted by Crippen LogP contribution is 2.20. The zero-order valence-electron chi connectivity index (χ0n) is 20.7. The Hall–Kier alpha value is -3.50. The molecule has 0 bridgehead atoms. The second-order valence-electron chi connectivity index (χ2n) is 8.52. The summed E-state index contributed by atoms with van der Waals surface area (Å²) < 4.78 is 33.7. The number of rotatable bonds is 11. The minimum atomic E-state index is -0.656. The smallest absolute Gasteiger partial charge is 0.224 e. The average molecular weight is 499 g/mol. The van der Waals surface area contributed by atoms with Gasteiger partial charge in [-0.05, 0) is 31.7 Å². The first-order valence-electron chi connectivity index (χ1n) is 11.8. The van der Waals surface area contributed by atoms with Crippen LogP contribution in [0, 0.1) is 5.95 Å². The summed E-state index contributed by atoms with van der Waals surface area (Å²) in [5.41, 5.74) is 1.44. The van der Waals surface area contributed by atoms with Crippen LogP contribution in [-0.4, -0.2) is 77.0 Å². The molecule has 0 saturated carbocycles. The number of allylic oxidation sites excluding steroid dienone is 4. The topological polar surface area (TPSA) is 83.5 Å². The van der Waals surface area contributed by atoms with Crippen molar-refractivity contribution in [2.24, 2.45) is 0 Å². The monoisotopic (exact) mass is 498 g/mol. The number of pyridine rings is 1. The Bertz CT molecular complexity index is 1100. The molecule has 10 heteroatoms. The largest absolute Gasteiger partial charge is 0.492 e. The quantitative estimate of drug-likeness (QED) is 0.290. The number of likely N-dealkylation sites (N-methyl/N-ethyl adjacent to an activating group) is 1. The van der Waals surface area contributed by atoms with Crippen LogP contribution in [0.25, 0.3) is 5.57 Å². The van der Waals surface area contributed by atoms with E-state index in [9.17, 15) is 13.6 Å². The summed E-state index contributed by atoms with van der Waals surface area (Å²) in [6.07, 6.45) is 5.67. The van der Waals surface area contributed by atoms with Crippen molar-refractivity contribution >= 4 is 11.5 Å². The molecule has 1 amide bonds. The number of hydrogen-bond acceptors (Lipinski definition) is 7. The van der Waals surface area contributed by atoms with Crippen molar-refractivity contribution in [3.63, 3.8) is 0 Å². The lowest BCUT2D eigenvalue weighted by molar-refractivity contribution is -0.120. The van der Waals surface area contributed by atoms with Crippen molar-refractivity contribution in [3.8, 4) is 0 Å². The van der Waals surface area contributed by atoms with Crippen LogP contribution in [0.3, 0.4) is 0 Å². The van der Waals surface area contributed by atoms with Crippen LogP contribution in [0.5, 0.6) is 0 Å². The van der Waals surface area contributed by atoms with Crippen molar-refractivity contribution in [2.45, 2.75) is 19.9 Å². The number of ether oxygens (including phenoxy) is 1. The molecule has 3 heterocycles. The Morgan fingerprint density at radius 1 is 1.22 bits per heavy atom. The van der Waals surface area contributed by atoms with E-state index < -0.39 is 11.8 Å². The number of carbonyl (C=O) groups excluding carboxylic acids is 1. The third-order valence-corrected chi connectivity index (χ3v) is 5.79. The number of piperazine rings is 1. The van der Waals surface area contributed by atoms with Crippen LogP contribution in [-0.2, 0) is 22.5 Å². The molecule has 1 aliphatic heterocycles. The Kier molecular flexibility index (Phi) is 10.2. The number of carbonyl (C=O) groups is 1. The van der Waals surface area contributed by atoms with Crippen molar-refractivity contribution in [3.05, 3.63) is 83.9 Å². The van der Waals surface area contributed by atoms with E-state index in [1.807, 2.05) is 0 Å². The van der Waals surface area contributed by atoms with Crippen molar-refractivity contribution in [2.75, 3.05) is 46.4 Å². The molecule has 192 valence electrons. The molecule has 0 atom stereocenters. The summed E-state index contributed by atoms with van der Waals surface area (Å²) in [7, 11) is 2.11. The van der Waals surface area contributed by atoms with E-state index in [1.165, 1.54) is 24.5 Å². The number of hydrogen-bond donors (Lipinski definition) is 1. The first kappa shape index (κ1) is 27.1. The van der Waals surface area contributed by atoms with Crippen LogP contribution >= 0.6 is 0 Å². The van der Waals surface area contributed by atoms with Crippen LogP contribution in [0.4, 0.5) is 8.78 Å². The Balaban J connectivity index is 1.51. The maximum absolute atomic E-state index is 14.9. The molecule has 36 heavy (non-hydrogen) atoms. The Morgan fingerprint density at radius 2 is 2.00 bits per heavy atom. The minimum Gasteiger partial charge on any atom is -0.492 e. The molecule has 1 saturated heterocycles. The minimum absolute atomic E-state index is 0.0184. The van der Waals surface area contributed by atoms with Gasteiger partial charge >= 0.3 is 0 Å². The molecule has 2 aromatic heterocycles. The van der Waals surface area contributed by atoms with Crippen molar-refractivity contribution in [1.29, 1.82) is 0 Å². The van der Waals surface area contributed by atoms with Crippen LogP contribution in [0.1, 0.15) is 24.0 Å². The van der Waals surface area contributed by atoms with Gasteiger partial charge in [0.05, 0.1) is 18.7 Å². The van der Waals surface area contributed by atoms with Gasteiger partial charge in [-0.25, -0.2) is 14.4 Å². The lowest BCUT2D eigenvalue weighted by Gasteiger charge is -2.32. The van der Waals surface area contributed by atoms with E-state index >= 15 is 0 Å². The molecular weight excluding hydrogens is 466 g/mol. The summed E-state index contributed by atoms with van der Waals surface area (Å²) in [6.45, 7) is 10.6. The lowest BCUT2D eigenvalue weighted by Crippen LogP contribution is -2.45. The fourth-order valence-electron chi connectivity index (χ4n) is 3.51. The molecule has 3 rings (SSSR count). The number of halogens is 2. The van der Waals surface area contributed by atoms with Crippen LogP contribution in [0.15, 0.2) is 60.9 Å². The fourth-order valence-corrected chi connectivity index (χ4v) is 3.51. The van der Waals surface area contributed by atoms with Gasteiger partial charge in [-0.2, -0.15) is 4.39 Å². The molecular formula is C26H32F2N6O2. The Morgan fingerprint density at radius 3 is 2.67 bits per heavy atom. The third-order valence-electron chi connectivity index (χ3n) is 5.79.